The number of amides is 1. The molecule has 35 heavy (non-hydrogen) atoms. The van der Waals surface area contributed by atoms with E-state index < -0.39 is 0 Å². The minimum atomic E-state index is -0.0915. The Labute approximate surface area is 208 Å². The van der Waals surface area contributed by atoms with E-state index in [1.807, 2.05) is 23.1 Å². The lowest BCUT2D eigenvalue weighted by molar-refractivity contribution is 0.0983. The highest BCUT2D eigenvalue weighted by atomic mass is 16.5. The summed E-state index contributed by atoms with van der Waals surface area (Å²) in [6.45, 7) is 5.05. The van der Waals surface area contributed by atoms with Gasteiger partial charge in [-0.3, -0.25) is 4.79 Å². The molecule has 0 aliphatic carbocycles. The molecule has 1 unspecified atom stereocenters. The zero-order valence-corrected chi connectivity index (χ0v) is 21.3. The average Bonchev–Trinajstić information content (AvgIpc) is 2.90. The number of piperidine rings is 1. The van der Waals surface area contributed by atoms with Crippen molar-refractivity contribution in [3.05, 3.63) is 60.2 Å². The summed E-state index contributed by atoms with van der Waals surface area (Å²) in [7, 11) is 4.68. The van der Waals surface area contributed by atoms with Crippen LogP contribution in [0, 0.1) is 0 Å². The van der Waals surface area contributed by atoms with Crippen LogP contribution in [0.1, 0.15) is 43.0 Å². The zero-order valence-electron chi connectivity index (χ0n) is 21.3. The molecular formula is C29H36N2O4. The van der Waals surface area contributed by atoms with Crippen LogP contribution >= 0.6 is 0 Å². The standard InChI is InChI=1S/C29H36N2O4/c1-21-10-7-8-15-30(21)16-9-17-31(25-14-13-22-11-5-6-12-23(22)18-25)29(32)24-19-26(33-2)28(35-4)27(20-24)34-3/h5-6,11-14,18-21H,7-10,15-17H2,1-4H3. The number of benzene rings is 3. The number of hydrogen-bond donors (Lipinski definition) is 0. The van der Waals surface area contributed by atoms with Gasteiger partial charge in [0.25, 0.3) is 5.91 Å². The molecule has 1 amide bonds. The third kappa shape index (κ3) is 5.54. The molecule has 3 aromatic rings. The summed E-state index contributed by atoms with van der Waals surface area (Å²) in [5, 5.41) is 2.26. The number of carbonyl (C=O) groups is 1. The van der Waals surface area contributed by atoms with Crippen LogP contribution in [0.5, 0.6) is 17.2 Å². The molecule has 0 aromatic heterocycles. The van der Waals surface area contributed by atoms with Gasteiger partial charge in [0.2, 0.25) is 5.75 Å². The number of likely N-dealkylation sites (tertiary alicyclic amines) is 1. The second kappa shape index (κ2) is 11.5. The SMILES string of the molecule is COc1cc(C(=O)N(CCCN2CCCCC2C)c2ccc3ccccc3c2)cc(OC)c1OC. The summed E-state index contributed by atoms with van der Waals surface area (Å²) in [5.41, 5.74) is 1.38. The first-order valence-electron chi connectivity index (χ1n) is 12.4. The maximum Gasteiger partial charge on any atom is 0.258 e. The van der Waals surface area contributed by atoms with Crippen molar-refractivity contribution in [2.75, 3.05) is 45.9 Å². The smallest absolute Gasteiger partial charge is 0.258 e. The fourth-order valence-electron chi connectivity index (χ4n) is 4.97. The Kier molecular flexibility index (Phi) is 8.13. The highest BCUT2D eigenvalue weighted by Crippen LogP contribution is 2.39. The van der Waals surface area contributed by atoms with E-state index in [0.29, 0.717) is 35.4 Å². The molecule has 3 aromatic carbocycles. The lowest BCUT2D eigenvalue weighted by Gasteiger charge is -2.34. The van der Waals surface area contributed by atoms with Crippen LogP contribution in [0.15, 0.2) is 54.6 Å². The first kappa shape index (κ1) is 24.9. The highest BCUT2D eigenvalue weighted by Gasteiger charge is 2.24. The summed E-state index contributed by atoms with van der Waals surface area (Å²) in [6.07, 6.45) is 4.70. The van der Waals surface area contributed by atoms with E-state index in [1.54, 1.807) is 33.5 Å². The fraction of sp³-hybridized carbons (Fsp3) is 0.414. The van der Waals surface area contributed by atoms with E-state index >= 15 is 0 Å². The average molecular weight is 477 g/mol. The van der Waals surface area contributed by atoms with Crippen LogP contribution in [-0.4, -0.2) is 57.8 Å². The molecule has 1 saturated heterocycles. The van der Waals surface area contributed by atoms with Gasteiger partial charge in [-0.2, -0.15) is 0 Å². The topological polar surface area (TPSA) is 51.2 Å². The Morgan fingerprint density at radius 3 is 2.31 bits per heavy atom. The van der Waals surface area contributed by atoms with Gasteiger partial charge in [-0.15, -0.1) is 0 Å². The van der Waals surface area contributed by atoms with E-state index in [2.05, 4.69) is 36.1 Å². The van der Waals surface area contributed by atoms with Gasteiger partial charge in [0, 0.05) is 30.4 Å². The monoisotopic (exact) mass is 476 g/mol. The summed E-state index contributed by atoms with van der Waals surface area (Å²) in [4.78, 5) is 18.3. The van der Waals surface area contributed by atoms with Crippen LogP contribution in [0.2, 0.25) is 0 Å². The van der Waals surface area contributed by atoms with E-state index in [4.69, 9.17) is 14.2 Å². The summed E-state index contributed by atoms with van der Waals surface area (Å²) in [6, 6.07) is 18.5. The van der Waals surface area contributed by atoms with E-state index in [-0.39, 0.29) is 5.91 Å². The van der Waals surface area contributed by atoms with Gasteiger partial charge in [0.15, 0.2) is 11.5 Å². The largest absolute Gasteiger partial charge is 0.493 e. The molecule has 1 aliphatic heterocycles. The van der Waals surface area contributed by atoms with Crippen LogP contribution < -0.4 is 19.1 Å². The third-order valence-corrected chi connectivity index (χ3v) is 6.97. The summed E-state index contributed by atoms with van der Waals surface area (Å²) < 4.78 is 16.5. The van der Waals surface area contributed by atoms with E-state index in [0.717, 1.165) is 36.0 Å². The molecule has 0 saturated carbocycles. The Morgan fingerprint density at radius 1 is 0.943 bits per heavy atom. The minimum absolute atomic E-state index is 0.0915. The van der Waals surface area contributed by atoms with Crippen molar-refractivity contribution in [3.8, 4) is 17.2 Å². The van der Waals surface area contributed by atoms with Gasteiger partial charge in [0.05, 0.1) is 21.3 Å². The first-order chi connectivity index (χ1) is 17.0. The van der Waals surface area contributed by atoms with Gasteiger partial charge < -0.3 is 24.0 Å². The predicted molar refractivity (Wildman–Crippen MR) is 141 cm³/mol. The number of carbonyl (C=O) groups excluding carboxylic acids is 1. The highest BCUT2D eigenvalue weighted by molar-refractivity contribution is 6.07. The van der Waals surface area contributed by atoms with Gasteiger partial charge in [0.1, 0.15) is 0 Å². The van der Waals surface area contributed by atoms with Gasteiger partial charge in [-0.25, -0.2) is 0 Å². The van der Waals surface area contributed by atoms with E-state index in [1.165, 1.54) is 19.3 Å². The van der Waals surface area contributed by atoms with Crippen LogP contribution in [0.25, 0.3) is 10.8 Å². The molecule has 1 aliphatic rings. The van der Waals surface area contributed by atoms with Crippen LogP contribution in [0.3, 0.4) is 0 Å². The van der Waals surface area contributed by atoms with Crippen molar-refractivity contribution in [1.29, 1.82) is 0 Å². The molecule has 6 nitrogen and oxygen atoms in total. The number of methoxy groups -OCH3 is 3. The molecular weight excluding hydrogens is 440 g/mol. The second-order valence-corrected chi connectivity index (χ2v) is 9.14. The van der Waals surface area contributed by atoms with Crippen LogP contribution in [0.4, 0.5) is 5.69 Å². The van der Waals surface area contributed by atoms with Crippen LogP contribution in [-0.2, 0) is 0 Å². The summed E-state index contributed by atoms with van der Waals surface area (Å²) >= 11 is 0. The molecule has 0 spiro atoms. The predicted octanol–water partition coefficient (Wildman–Crippen LogP) is 5.78. The molecule has 0 N–H and O–H groups in total. The van der Waals surface area contributed by atoms with Gasteiger partial charge in [-0.05, 0) is 67.8 Å². The van der Waals surface area contributed by atoms with Crippen molar-refractivity contribution in [2.45, 2.75) is 38.6 Å². The van der Waals surface area contributed by atoms with Crippen molar-refractivity contribution in [2.24, 2.45) is 0 Å². The van der Waals surface area contributed by atoms with Crippen molar-refractivity contribution in [3.63, 3.8) is 0 Å². The van der Waals surface area contributed by atoms with Crippen molar-refractivity contribution < 1.29 is 19.0 Å². The minimum Gasteiger partial charge on any atom is -0.493 e. The normalized spacial score (nSPS) is 16.2. The van der Waals surface area contributed by atoms with E-state index in [9.17, 15) is 4.79 Å². The quantitative estimate of drug-likeness (QED) is 0.392. The maximum atomic E-state index is 13.9. The summed E-state index contributed by atoms with van der Waals surface area (Å²) in [5.74, 6) is 1.32. The number of hydrogen-bond acceptors (Lipinski definition) is 5. The number of nitrogens with zero attached hydrogens (tertiary/aromatic N) is 2. The Bertz CT molecular complexity index is 1140. The van der Waals surface area contributed by atoms with Gasteiger partial charge in [-0.1, -0.05) is 36.8 Å². The lowest BCUT2D eigenvalue weighted by atomic mass is 10.0. The van der Waals surface area contributed by atoms with Crippen molar-refractivity contribution >= 4 is 22.4 Å². The third-order valence-electron chi connectivity index (χ3n) is 6.97. The fourth-order valence-corrected chi connectivity index (χ4v) is 4.97. The Hall–Kier alpha value is -3.25. The lowest BCUT2D eigenvalue weighted by Crippen LogP contribution is -2.40. The molecule has 0 bridgehead atoms. The molecule has 1 fully saturated rings. The first-order valence-corrected chi connectivity index (χ1v) is 12.4. The number of ether oxygens (including phenoxy) is 3. The number of rotatable bonds is 9. The molecule has 1 atom stereocenters. The second-order valence-electron chi connectivity index (χ2n) is 9.14. The van der Waals surface area contributed by atoms with Crippen molar-refractivity contribution in [1.82, 2.24) is 4.90 Å². The molecule has 4 rings (SSSR count). The molecule has 186 valence electrons. The maximum absolute atomic E-state index is 13.9. The molecule has 1 heterocycles. The molecule has 6 heteroatoms. The molecule has 0 radical (unpaired) electrons. The van der Waals surface area contributed by atoms with Gasteiger partial charge >= 0.3 is 0 Å². The zero-order chi connectivity index (χ0) is 24.8. The number of anilines is 1. The Morgan fingerprint density at radius 2 is 1.66 bits per heavy atom. The Balaban J connectivity index is 1.65. The number of fused-ring (bicyclic) bond motifs is 1.